The highest BCUT2D eigenvalue weighted by atomic mass is 16.3. The first kappa shape index (κ1) is 18.7. The molecule has 0 bridgehead atoms. The first-order valence-corrected chi connectivity index (χ1v) is 8.58. The van der Waals surface area contributed by atoms with Crippen molar-refractivity contribution in [1.82, 2.24) is 5.32 Å². The molecular weight excluding hydrogens is 312 g/mol. The van der Waals surface area contributed by atoms with Crippen molar-refractivity contribution < 1.29 is 9.90 Å². The van der Waals surface area contributed by atoms with Crippen molar-refractivity contribution in [3.05, 3.63) is 59.7 Å². The van der Waals surface area contributed by atoms with Crippen molar-refractivity contribution in [1.29, 1.82) is 5.26 Å². The Balaban J connectivity index is 2.32. The molecule has 0 saturated carbocycles. The smallest absolute Gasteiger partial charge is 0.251 e. The third-order valence-electron chi connectivity index (χ3n) is 4.97. The third-order valence-corrected chi connectivity index (χ3v) is 4.97. The molecule has 25 heavy (non-hydrogen) atoms. The fraction of sp³-hybridized carbons (Fsp3) is 0.333. The van der Waals surface area contributed by atoms with Gasteiger partial charge in [-0.15, -0.1) is 0 Å². The van der Waals surface area contributed by atoms with Crippen LogP contribution in [0.3, 0.4) is 0 Å². The van der Waals surface area contributed by atoms with Crippen molar-refractivity contribution in [2.75, 3.05) is 13.2 Å². The lowest BCUT2D eigenvalue weighted by Gasteiger charge is -2.29. The average Bonchev–Trinajstić information content (AvgIpc) is 2.69. The van der Waals surface area contributed by atoms with E-state index in [1.807, 2.05) is 50.2 Å². The fourth-order valence-electron chi connectivity index (χ4n) is 2.87. The van der Waals surface area contributed by atoms with E-state index in [1.54, 1.807) is 12.1 Å². The minimum atomic E-state index is -0.296. The largest absolute Gasteiger partial charge is 0.396 e. The lowest BCUT2D eigenvalue weighted by atomic mass is 9.83. The number of nitrogens with zero attached hydrogens (tertiary/aromatic N) is 1. The summed E-state index contributed by atoms with van der Waals surface area (Å²) in [6, 6.07) is 16.7. The molecule has 130 valence electrons. The van der Waals surface area contributed by atoms with Crippen LogP contribution in [0, 0.1) is 16.7 Å². The average molecular weight is 336 g/mol. The van der Waals surface area contributed by atoms with Gasteiger partial charge in [0.2, 0.25) is 0 Å². The summed E-state index contributed by atoms with van der Waals surface area (Å²) in [5, 5.41) is 22.0. The zero-order valence-electron chi connectivity index (χ0n) is 14.7. The van der Waals surface area contributed by atoms with Crippen LogP contribution in [0.2, 0.25) is 0 Å². The van der Waals surface area contributed by atoms with E-state index in [-0.39, 0.29) is 17.9 Å². The number of hydrogen-bond donors (Lipinski definition) is 2. The van der Waals surface area contributed by atoms with Crippen LogP contribution < -0.4 is 5.32 Å². The minimum Gasteiger partial charge on any atom is -0.396 e. The van der Waals surface area contributed by atoms with Gasteiger partial charge in [-0.3, -0.25) is 4.79 Å². The van der Waals surface area contributed by atoms with E-state index >= 15 is 0 Å². The highest BCUT2D eigenvalue weighted by molar-refractivity contribution is 6.01. The maximum absolute atomic E-state index is 12.8. The molecule has 4 nitrogen and oxygen atoms in total. The van der Waals surface area contributed by atoms with Crippen LogP contribution >= 0.6 is 0 Å². The van der Waals surface area contributed by atoms with Gasteiger partial charge < -0.3 is 10.4 Å². The van der Waals surface area contributed by atoms with Gasteiger partial charge in [0.1, 0.15) is 0 Å². The molecule has 2 rings (SSSR count). The molecule has 0 aromatic heterocycles. The molecule has 0 aliphatic heterocycles. The topological polar surface area (TPSA) is 73.1 Å². The molecular formula is C21H24N2O2. The van der Waals surface area contributed by atoms with Crippen molar-refractivity contribution in [3.8, 4) is 17.2 Å². The number of aliphatic hydroxyl groups excluding tert-OH is 1. The molecule has 0 aliphatic carbocycles. The molecule has 0 fully saturated rings. The monoisotopic (exact) mass is 336 g/mol. The highest BCUT2D eigenvalue weighted by Gasteiger charge is 2.26. The molecule has 0 spiro atoms. The Hall–Kier alpha value is -2.64. The number of hydrogen-bond acceptors (Lipinski definition) is 3. The first-order valence-electron chi connectivity index (χ1n) is 8.58. The summed E-state index contributed by atoms with van der Waals surface area (Å²) in [6.45, 7) is 4.49. The standard InChI is InChI=1S/C21H24N2O2/c1-3-21(4-2,15-24)14-23-20(25)19-12-8-7-11-18(19)17-10-6-5-9-16(17)13-22/h5-12,24H,3-4,14-15H2,1-2H3,(H,23,25). The summed E-state index contributed by atoms with van der Waals surface area (Å²) < 4.78 is 0. The molecule has 0 aliphatic rings. The Morgan fingerprint density at radius 1 is 1.08 bits per heavy atom. The molecule has 0 saturated heterocycles. The second-order valence-electron chi connectivity index (χ2n) is 6.25. The molecule has 0 unspecified atom stereocenters. The molecule has 1 amide bonds. The highest BCUT2D eigenvalue weighted by Crippen LogP contribution is 2.28. The summed E-state index contributed by atoms with van der Waals surface area (Å²) in [5.74, 6) is -0.192. The van der Waals surface area contributed by atoms with Gasteiger partial charge in [-0.05, 0) is 30.5 Å². The first-order chi connectivity index (χ1) is 12.1. The maximum atomic E-state index is 12.8. The number of amides is 1. The number of aliphatic hydroxyl groups is 1. The van der Waals surface area contributed by atoms with Gasteiger partial charge in [-0.1, -0.05) is 50.2 Å². The Morgan fingerprint density at radius 3 is 2.28 bits per heavy atom. The zero-order valence-corrected chi connectivity index (χ0v) is 14.7. The number of carbonyl (C=O) groups is 1. The van der Waals surface area contributed by atoms with Crippen molar-refractivity contribution in [2.24, 2.45) is 5.41 Å². The molecule has 0 heterocycles. The van der Waals surface area contributed by atoms with Crippen LogP contribution in [0.4, 0.5) is 0 Å². The molecule has 0 radical (unpaired) electrons. The van der Waals surface area contributed by atoms with E-state index < -0.39 is 0 Å². The van der Waals surface area contributed by atoms with Crippen LogP contribution in [0.5, 0.6) is 0 Å². The van der Waals surface area contributed by atoms with Crippen molar-refractivity contribution in [2.45, 2.75) is 26.7 Å². The minimum absolute atomic E-state index is 0.0409. The van der Waals surface area contributed by atoms with E-state index in [0.717, 1.165) is 24.0 Å². The number of benzene rings is 2. The summed E-state index contributed by atoms with van der Waals surface area (Å²) in [7, 11) is 0. The van der Waals surface area contributed by atoms with Gasteiger partial charge in [-0.2, -0.15) is 5.26 Å². The van der Waals surface area contributed by atoms with E-state index in [4.69, 9.17) is 0 Å². The number of nitriles is 1. The molecule has 0 atom stereocenters. The van der Waals surface area contributed by atoms with Gasteiger partial charge in [0, 0.05) is 23.1 Å². The maximum Gasteiger partial charge on any atom is 0.251 e. The quantitative estimate of drug-likeness (QED) is 0.808. The summed E-state index contributed by atoms with van der Waals surface area (Å²) in [4.78, 5) is 12.8. The van der Waals surface area contributed by atoms with Crippen molar-refractivity contribution in [3.63, 3.8) is 0 Å². The van der Waals surface area contributed by atoms with Gasteiger partial charge in [0.05, 0.1) is 18.2 Å². The van der Waals surface area contributed by atoms with Crippen LogP contribution in [-0.4, -0.2) is 24.2 Å². The number of rotatable bonds is 7. The third kappa shape index (κ3) is 4.07. The second kappa shape index (κ2) is 8.46. The van der Waals surface area contributed by atoms with Gasteiger partial charge in [0.25, 0.3) is 5.91 Å². The van der Waals surface area contributed by atoms with Gasteiger partial charge in [0.15, 0.2) is 0 Å². The normalized spacial score (nSPS) is 11.0. The molecule has 2 aromatic rings. The summed E-state index contributed by atoms with van der Waals surface area (Å²) in [5.41, 5.74) is 2.25. The zero-order chi connectivity index (χ0) is 18.3. The van der Waals surface area contributed by atoms with Crippen LogP contribution in [0.15, 0.2) is 48.5 Å². The van der Waals surface area contributed by atoms with Crippen LogP contribution in [-0.2, 0) is 0 Å². The van der Waals surface area contributed by atoms with E-state index in [1.165, 1.54) is 0 Å². The fourth-order valence-corrected chi connectivity index (χ4v) is 2.87. The van der Waals surface area contributed by atoms with Gasteiger partial charge >= 0.3 is 0 Å². The second-order valence-corrected chi connectivity index (χ2v) is 6.25. The van der Waals surface area contributed by atoms with Crippen LogP contribution in [0.1, 0.15) is 42.6 Å². The molecule has 2 aromatic carbocycles. The van der Waals surface area contributed by atoms with Gasteiger partial charge in [-0.25, -0.2) is 0 Å². The molecule has 2 N–H and O–H groups in total. The Kier molecular flexibility index (Phi) is 6.32. The predicted molar refractivity (Wildman–Crippen MR) is 99.0 cm³/mol. The Labute approximate surface area is 149 Å². The van der Waals surface area contributed by atoms with E-state index in [9.17, 15) is 15.2 Å². The predicted octanol–water partition coefficient (Wildman–Crippen LogP) is 3.75. The van der Waals surface area contributed by atoms with E-state index in [0.29, 0.717) is 17.7 Å². The molecule has 4 heteroatoms. The Morgan fingerprint density at radius 2 is 1.68 bits per heavy atom. The van der Waals surface area contributed by atoms with Crippen molar-refractivity contribution >= 4 is 5.91 Å². The summed E-state index contributed by atoms with van der Waals surface area (Å²) >= 11 is 0. The SMILES string of the molecule is CCC(CC)(CO)CNC(=O)c1ccccc1-c1ccccc1C#N. The summed E-state index contributed by atoms with van der Waals surface area (Å²) in [6.07, 6.45) is 1.58. The lowest BCUT2D eigenvalue weighted by molar-refractivity contribution is 0.0851. The van der Waals surface area contributed by atoms with E-state index in [2.05, 4.69) is 11.4 Å². The lowest BCUT2D eigenvalue weighted by Crippen LogP contribution is -2.39. The Bertz CT molecular complexity index is 765. The number of carbonyl (C=O) groups excluding carboxylic acids is 1. The number of nitrogens with one attached hydrogen (secondary N) is 1. The van der Waals surface area contributed by atoms with Crippen LogP contribution in [0.25, 0.3) is 11.1 Å².